The van der Waals surface area contributed by atoms with Crippen molar-refractivity contribution in [2.45, 2.75) is 13.0 Å². The number of para-hydroxylation sites is 1. The smallest absolute Gasteiger partial charge is 0.231 e. The number of amides is 1. The van der Waals surface area contributed by atoms with Gasteiger partial charge in [-0.25, -0.2) is 0 Å². The molecule has 1 N–H and O–H groups in total. The predicted molar refractivity (Wildman–Crippen MR) is 116 cm³/mol. The highest BCUT2D eigenvalue weighted by Gasteiger charge is 2.26. The predicted octanol–water partition coefficient (Wildman–Crippen LogP) is 2.24. The van der Waals surface area contributed by atoms with Crippen LogP contribution in [0.15, 0.2) is 47.6 Å². The summed E-state index contributed by atoms with van der Waals surface area (Å²) in [5.74, 6) is 0.983. The van der Waals surface area contributed by atoms with Crippen LogP contribution in [0.25, 0.3) is 0 Å². The lowest BCUT2D eigenvalue weighted by Crippen LogP contribution is -2.43. The van der Waals surface area contributed by atoms with Gasteiger partial charge in [0, 0.05) is 51.8 Å². The number of aliphatic imine (C=N–C) groups is 1. The van der Waals surface area contributed by atoms with Crippen LogP contribution in [-0.2, 0) is 24.8 Å². The fourth-order valence-corrected chi connectivity index (χ4v) is 3.20. The monoisotopic (exact) mass is 467 g/mol. The van der Waals surface area contributed by atoms with Crippen LogP contribution in [0.1, 0.15) is 11.3 Å². The zero-order valence-corrected chi connectivity index (χ0v) is 17.8. The van der Waals surface area contributed by atoms with E-state index in [-0.39, 0.29) is 29.9 Å². The molecule has 140 valence electrons. The van der Waals surface area contributed by atoms with E-state index >= 15 is 0 Å². The van der Waals surface area contributed by atoms with Crippen LogP contribution in [0.3, 0.4) is 0 Å². The first kappa shape index (κ1) is 20.3. The number of hydrogen-bond acceptors (Lipinski definition) is 2. The van der Waals surface area contributed by atoms with E-state index in [4.69, 9.17) is 0 Å². The first-order valence-corrected chi connectivity index (χ1v) is 8.50. The van der Waals surface area contributed by atoms with Gasteiger partial charge in [0.25, 0.3) is 0 Å². The van der Waals surface area contributed by atoms with E-state index in [0.717, 1.165) is 23.8 Å². The summed E-state index contributed by atoms with van der Waals surface area (Å²) < 4.78 is 2.10. The molecule has 0 spiro atoms. The molecule has 1 aliphatic heterocycles. The molecule has 0 unspecified atom stereocenters. The van der Waals surface area contributed by atoms with Gasteiger partial charge in [-0.1, -0.05) is 18.2 Å². The fraction of sp³-hybridized carbons (Fsp3) is 0.368. The van der Waals surface area contributed by atoms with Crippen LogP contribution in [0, 0.1) is 0 Å². The van der Waals surface area contributed by atoms with Crippen LogP contribution in [0.2, 0.25) is 0 Å². The third-order valence-corrected chi connectivity index (χ3v) is 4.57. The number of rotatable bonds is 5. The quantitative estimate of drug-likeness (QED) is 0.417. The van der Waals surface area contributed by atoms with Crippen LogP contribution in [-0.4, -0.2) is 48.5 Å². The van der Waals surface area contributed by atoms with E-state index in [1.165, 1.54) is 5.69 Å². The SMILES string of the molecule is CN=C(NCCN1C(=O)Cc2ccccc21)N(C)Cc1cccn1C.I. The Balaban J connectivity index is 0.00000243. The average Bonchev–Trinajstić information content (AvgIpc) is 3.14. The summed E-state index contributed by atoms with van der Waals surface area (Å²) in [5, 5.41) is 3.35. The molecule has 3 rings (SSSR count). The highest BCUT2D eigenvalue weighted by atomic mass is 127. The van der Waals surface area contributed by atoms with E-state index in [9.17, 15) is 4.79 Å². The van der Waals surface area contributed by atoms with E-state index in [2.05, 4.69) is 25.8 Å². The van der Waals surface area contributed by atoms with Gasteiger partial charge in [-0.15, -0.1) is 24.0 Å². The molecule has 0 atom stereocenters. The van der Waals surface area contributed by atoms with E-state index in [1.54, 1.807) is 7.05 Å². The molecule has 2 aromatic rings. The molecule has 0 saturated carbocycles. The van der Waals surface area contributed by atoms with Crippen LogP contribution >= 0.6 is 24.0 Å². The molecule has 1 aromatic carbocycles. The lowest BCUT2D eigenvalue weighted by atomic mass is 10.2. The van der Waals surface area contributed by atoms with Gasteiger partial charge in [-0.2, -0.15) is 0 Å². The summed E-state index contributed by atoms with van der Waals surface area (Å²) in [6.07, 6.45) is 2.54. The molecule has 6 nitrogen and oxygen atoms in total. The maximum Gasteiger partial charge on any atom is 0.231 e. The van der Waals surface area contributed by atoms with Crippen molar-refractivity contribution < 1.29 is 4.79 Å². The number of guanidine groups is 1. The molecule has 26 heavy (non-hydrogen) atoms. The number of benzene rings is 1. The minimum atomic E-state index is 0. The second kappa shape index (κ2) is 9.07. The first-order valence-electron chi connectivity index (χ1n) is 8.50. The zero-order chi connectivity index (χ0) is 17.8. The summed E-state index contributed by atoms with van der Waals surface area (Å²) in [4.78, 5) is 20.5. The van der Waals surface area contributed by atoms with Gasteiger partial charge in [0.05, 0.1) is 13.0 Å². The summed E-state index contributed by atoms with van der Waals surface area (Å²) in [7, 11) is 5.83. The summed E-state index contributed by atoms with van der Waals surface area (Å²) in [6.45, 7) is 2.06. The van der Waals surface area contributed by atoms with Gasteiger partial charge in [0.15, 0.2) is 5.96 Å². The number of hydrogen-bond donors (Lipinski definition) is 1. The average molecular weight is 467 g/mol. The second-order valence-corrected chi connectivity index (χ2v) is 6.29. The number of aromatic nitrogens is 1. The molecule has 1 aliphatic rings. The molecule has 0 saturated heterocycles. The number of halogens is 1. The standard InChI is InChI=1S/C19H25N5O.HI/c1-20-19(23(3)14-16-8-6-11-22(16)2)21-10-12-24-17-9-5-4-7-15(17)13-18(24)25;/h4-9,11H,10,12-14H2,1-3H3,(H,20,21);1H. The number of aryl methyl sites for hydroxylation is 1. The Morgan fingerprint density at radius 1 is 1.27 bits per heavy atom. The largest absolute Gasteiger partial charge is 0.354 e. The Kier molecular flexibility index (Phi) is 7.07. The Hall–Kier alpha value is -2.03. The molecule has 0 radical (unpaired) electrons. The van der Waals surface area contributed by atoms with E-state index < -0.39 is 0 Å². The number of anilines is 1. The Morgan fingerprint density at radius 2 is 2.04 bits per heavy atom. The highest BCUT2D eigenvalue weighted by Crippen LogP contribution is 2.27. The van der Waals surface area contributed by atoms with Gasteiger partial charge in [0.2, 0.25) is 5.91 Å². The van der Waals surface area contributed by atoms with Crippen molar-refractivity contribution in [3.05, 3.63) is 53.9 Å². The van der Waals surface area contributed by atoms with Crippen molar-refractivity contribution in [1.29, 1.82) is 0 Å². The fourth-order valence-electron chi connectivity index (χ4n) is 3.20. The van der Waals surface area contributed by atoms with Gasteiger partial charge in [-0.05, 0) is 23.8 Å². The molecular weight excluding hydrogens is 441 g/mol. The topological polar surface area (TPSA) is 52.9 Å². The Bertz CT molecular complexity index is 786. The highest BCUT2D eigenvalue weighted by molar-refractivity contribution is 14.0. The maximum absolute atomic E-state index is 12.2. The number of fused-ring (bicyclic) bond motifs is 1. The summed E-state index contributed by atoms with van der Waals surface area (Å²) in [6, 6.07) is 12.1. The van der Waals surface area contributed by atoms with Crippen molar-refractivity contribution >= 4 is 41.5 Å². The number of nitrogens with one attached hydrogen (secondary N) is 1. The summed E-state index contributed by atoms with van der Waals surface area (Å²) in [5.41, 5.74) is 3.35. The molecule has 1 aromatic heterocycles. The minimum Gasteiger partial charge on any atom is -0.354 e. The Morgan fingerprint density at radius 3 is 2.73 bits per heavy atom. The lowest BCUT2D eigenvalue weighted by Gasteiger charge is -2.24. The van der Waals surface area contributed by atoms with Crippen molar-refractivity contribution in [2.24, 2.45) is 12.0 Å². The van der Waals surface area contributed by atoms with Crippen molar-refractivity contribution in [3.63, 3.8) is 0 Å². The molecule has 7 heteroatoms. The van der Waals surface area contributed by atoms with Gasteiger partial charge < -0.3 is 19.7 Å². The third-order valence-electron chi connectivity index (χ3n) is 4.57. The first-order chi connectivity index (χ1) is 12.1. The summed E-state index contributed by atoms with van der Waals surface area (Å²) >= 11 is 0. The van der Waals surface area contributed by atoms with Crippen LogP contribution < -0.4 is 10.2 Å². The van der Waals surface area contributed by atoms with Crippen LogP contribution in [0.5, 0.6) is 0 Å². The van der Waals surface area contributed by atoms with E-state index in [0.29, 0.717) is 19.5 Å². The van der Waals surface area contributed by atoms with Crippen molar-refractivity contribution in [1.82, 2.24) is 14.8 Å². The maximum atomic E-state index is 12.2. The van der Waals surface area contributed by atoms with Gasteiger partial charge in [-0.3, -0.25) is 9.79 Å². The van der Waals surface area contributed by atoms with Crippen molar-refractivity contribution in [2.75, 3.05) is 32.1 Å². The number of carbonyl (C=O) groups is 1. The number of nitrogens with zero attached hydrogens (tertiary/aromatic N) is 4. The third kappa shape index (κ3) is 4.38. The second-order valence-electron chi connectivity index (χ2n) is 6.29. The van der Waals surface area contributed by atoms with Gasteiger partial charge >= 0.3 is 0 Å². The van der Waals surface area contributed by atoms with E-state index in [1.807, 2.05) is 55.5 Å². The minimum absolute atomic E-state index is 0. The molecular formula is C19H26IN5O. The van der Waals surface area contributed by atoms with Crippen molar-refractivity contribution in [3.8, 4) is 0 Å². The molecule has 0 fully saturated rings. The zero-order valence-electron chi connectivity index (χ0n) is 15.5. The molecule has 0 bridgehead atoms. The molecule has 0 aliphatic carbocycles. The molecule has 1 amide bonds. The lowest BCUT2D eigenvalue weighted by molar-refractivity contribution is -0.117. The molecule has 2 heterocycles. The number of carbonyl (C=O) groups excluding carboxylic acids is 1. The normalized spacial score (nSPS) is 13.4. The van der Waals surface area contributed by atoms with Gasteiger partial charge in [0.1, 0.15) is 0 Å². The Labute approximate surface area is 171 Å². The van der Waals surface area contributed by atoms with Crippen LogP contribution in [0.4, 0.5) is 5.69 Å².